The minimum absolute atomic E-state index is 0.509. The third-order valence-electron chi connectivity index (χ3n) is 2.64. The fraction of sp³-hybridized carbons (Fsp3) is 0.500. The third kappa shape index (κ3) is 2.27. The molecule has 1 aromatic heterocycles. The van der Waals surface area contributed by atoms with Crippen LogP contribution >= 0.6 is 0 Å². The Morgan fingerprint density at radius 1 is 1.60 bits per heavy atom. The number of hydrogen-bond acceptors (Lipinski definition) is 3. The molecule has 0 amide bonds. The molecule has 3 heteroatoms. The molecule has 1 fully saturated rings. The van der Waals surface area contributed by atoms with Gasteiger partial charge in [0.05, 0.1) is 0 Å². The fourth-order valence-corrected chi connectivity index (χ4v) is 1.81. The van der Waals surface area contributed by atoms with Crippen molar-refractivity contribution in [2.75, 3.05) is 11.4 Å². The van der Waals surface area contributed by atoms with E-state index < -0.39 is 0 Å². The van der Waals surface area contributed by atoms with E-state index in [0.717, 1.165) is 18.7 Å². The van der Waals surface area contributed by atoms with E-state index in [9.17, 15) is 0 Å². The molecule has 0 aliphatic heterocycles. The fourth-order valence-electron chi connectivity index (χ4n) is 1.81. The van der Waals surface area contributed by atoms with Crippen LogP contribution < -0.4 is 4.90 Å². The average molecular weight is 201 g/mol. The second kappa shape index (κ2) is 4.31. The maximum absolute atomic E-state index is 8.80. The van der Waals surface area contributed by atoms with Crippen LogP contribution in [0.5, 0.6) is 0 Å². The molecule has 1 aliphatic rings. The summed E-state index contributed by atoms with van der Waals surface area (Å²) in [6, 6.07) is 6.66. The first-order valence-corrected chi connectivity index (χ1v) is 5.48. The van der Waals surface area contributed by atoms with Crippen LogP contribution in [-0.4, -0.2) is 17.6 Å². The van der Waals surface area contributed by atoms with E-state index in [1.807, 2.05) is 12.1 Å². The highest BCUT2D eigenvalue weighted by Crippen LogP contribution is 2.31. The molecule has 0 unspecified atom stereocenters. The van der Waals surface area contributed by atoms with Gasteiger partial charge in [-0.2, -0.15) is 5.26 Å². The molecular weight excluding hydrogens is 186 g/mol. The van der Waals surface area contributed by atoms with Gasteiger partial charge in [0, 0.05) is 24.5 Å². The van der Waals surface area contributed by atoms with Crippen LogP contribution in [0.15, 0.2) is 18.3 Å². The standard InChI is InChI=1S/C12H15N3/c1-2-7-15(11-3-4-11)12-5-6-14-10(8-12)9-13/h5-6,8,11H,2-4,7H2,1H3. The van der Waals surface area contributed by atoms with Gasteiger partial charge >= 0.3 is 0 Å². The zero-order chi connectivity index (χ0) is 10.7. The molecule has 15 heavy (non-hydrogen) atoms. The van der Waals surface area contributed by atoms with Crippen molar-refractivity contribution in [2.24, 2.45) is 0 Å². The Hall–Kier alpha value is -1.56. The smallest absolute Gasteiger partial charge is 0.142 e. The van der Waals surface area contributed by atoms with Crippen molar-refractivity contribution in [3.8, 4) is 6.07 Å². The molecule has 0 radical (unpaired) electrons. The first-order valence-electron chi connectivity index (χ1n) is 5.48. The number of rotatable bonds is 4. The summed E-state index contributed by atoms with van der Waals surface area (Å²) in [6.45, 7) is 3.25. The lowest BCUT2D eigenvalue weighted by Gasteiger charge is -2.23. The van der Waals surface area contributed by atoms with Crippen LogP contribution in [-0.2, 0) is 0 Å². The summed E-state index contributed by atoms with van der Waals surface area (Å²) in [6.07, 6.45) is 5.42. The maximum Gasteiger partial charge on any atom is 0.142 e. The monoisotopic (exact) mass is 201 g/mol. The highest BCUT2D eigenvalue weighted by molar-refractivity contribution is 5.50. The Labute approximate surface area is 90.4 Å². The number of pyridine rings is 1. The Morgan fingerprint density at radius 2 is 2.40 bits per heavy atom. The van der Waals surface area contributed by atoms with Gasteiger partial charge < -0.3 is 4.90 Å². The number of nitrogens with zero attached hydrogens (tertiary/aromatic N) is 3. The zero-order valence-electron chi connectivity index (χ0n) is 8.98. The van der Waals surface area contributed by atoms with Gasteiger partial charge in [-0.1, -0.05) is 6.92 Å². The van der Waals surface area contributed by atoms with Gasteiger partial charge in [0.15, 0.2) is 0 Å². The van der Waals surface area contributed by atoms with Crippen molar-refractivity contribution in [1.29, 1.82) is 5.26 Å². The average Bonchev–Trinajstić information content (AvgIpc) is 3.10. The Bertz CT molecular complexity index is 377. The van der Waals surface area contributed by atoms with Crippen molar-refractivity contribution in [3.63, 3.8) is 0 Å². The van der Waals surface area contributed by atoms with Gasteiger partial charge in [-0.05, 0) is 31.4 Å². The molecule has 1 aromatic rings. The van der Waals surface area contributed by atoms with Gasteiger partial charge in [-0.15, -0.1) is 0 Å². The minimum Gasteiger partial charge on any atom is -0.368 e. The third-order valence-corrected chi connectivity index (χ3v) is 2.64. The van der Waals surface area contributed by atoms with Gasteiger partial charge in [0.25, 0.3) is 0 Å². The van der Waals surface area contributed by atoms with E-state index in [-0.39, 0.29) is 0 Å². The molecule has 0 spiro atoms. The van der Waals surface area contributed by atoms with E-state index in [0.29, 0.717) is 11.7 Å². The summed E-state index contributed by atoms with van der Waals surface area (Å²) in [5, 5.41) is 8.80. The zero-order valence-corrected chi connectivity index (χ0v) is 8.98. The second-order valence-electron chi connectivity index (χ2n) is 3.94. The number of nitriles is 1. The molecule has 0 atom stereocenters. The molecule has 78 valence electrons. The quantitative estimate of drug-likeness (QED) is 0.750. The molecule has 0 N–H and O–H groups in total. The molecule has 3 nitrogen and oxygen atoms in total. The predicted molar refractivity (Wildman–Crippen MR) is 59.6 cm³/mol. The number of anilines is 1. The highest BCUT2D eigenvalue weighted by Gasteiger charge is 2.28. The number of aromatic nitrogens is 1. The van der Waals surface area contributed by atoms with E-state index in [2.05, 4.69) is 22.9 Å². The molecule has 0 bridgehead atoms. The predicted octanol–water partition coefficient (Wildman–Crippen LogP) is 2.33. The van der Waals surface area contributed by atoms with Crippen LogP contribution in [0.4, 0.5) is 5.69 Å². The molecule has 1 heterocycles. The van der Waals surface area contributed by atoms with Crippen LogP contribution in [0.2, 0.25) is 0 Å². The summed E-state index contributed by atoms with van der Waals surface area (Å²) in [5.41, 5.74) is 1.65. The van der Waals surface area contributed by atoms with Crippen molar-refractivity contribution >= 4 is 5.69 Å². The Morgan fingerprint density at radius 3 is 3.00 bits per heavy atom. The normalized spacial score (nSPS) is 14.7. The van der Waals surface area contributed by atoms with Gasteiger partial charge in [0.2, 0.25) is 0 Å². The lowest BCUT2D eigenvalue weighted by atomic mass is 10.2. The lowest BCUT2D eigenvalue weighted by molar-refractivity contribution is 0.762. The summed E-state index contributed by atoms with van der Waals surface area (Å²) in [4.78, 5) is 6.38. The molecule has 1 saturated carbocycles. The highest BCUT2D eigenvalue weighted by atomic mass is 15.2. The molecule has 0 saturated heterocycles. The Kier molecular flexibility index (Phi) is 2.86. The van der Waals surface area contributed by atoms with Crippen molar-refractivity contribution in [1.82, 2.24) is 4.98 Å². The van der Waals surface area contributed by atoms with Crippen LogP contribution in [0.25, 0.3) is 0 Å². The SMILES string of the molecule is CCCN(c1ccnc(C#N)c1)C1CC1. The lowest BCUT2D eigenvalue weighted by Crippen LogP contribution is -2.26. The summed E-state index contributed by atoms with van der Waals surface area (Å²) >= 11 is 0. The van der Waals surface area contributed by atoms with Gasteiger partial charge in [0.1, 0.15) is 11.8 Å². The Balaban J connectivity index is 2.21. The largest absolute Gasteiger partial charge is 0.368 e. The van der Waals surface area contributed by atoms with Crippen molar-refractivity contribution in [3.05, 3.63) is 24.0 Å². The minimum atomic E-state index is 0.509. The summed E-state index contributed by atoms with van der Waals surface area (Å²) in [7, 11) is 0. The molecular formula is C12H15N3. The van der Waals surface area contributed by atoms with E-state index in [1.54, 1.807) is 6.20 Å². The molecule has 2 rings (SSSR count). The molecule has 0 aromatic carbocycles. The topological polar surface area (TPSA) is 39.9 Å². The van der Waals surface area contributed by atoms with Crippen LogP contribution in [0, 0.1) is 11.3 Å². The van der Waals surface area contributed by atoms with Crippen molar-refractivity contribution in [2.45, 2.75) is 32.2 Å². The summed E-state index contributed by atoms with van der Waals surface area (Å²) in [5.74, 6) is 0. The van der Waals surface area contributed by atoms with Crippen LogP contribution in [0.3, 0.4) is 0 Å². The van der Waals surface area contributed by atoms with E-state index in [4.69, 9.17) is 5.26 Å². The van der Waals surface area contributed by atoms with Crippen molar-refractivity contribution < 1.29 is 0 Å². The van der Waals surface area contributed by atoms with Gasteiger partial charge in [-0.3, -0.25) is 0 Å². The first kappa shape index (κ1) is 9.97. The van der Waals surface area contributed by atoms with E-state index >= 15 is 0 Å². The van der Waals surface area contributed by atoms with Crippen LogP contribution in [0.1, 0.15) is 31.9 Å². The first-order chi connectivity index (χ1) is 7.35. The number of hydrogen-bond donors (Lipinski definition) is 0. The van der Waals surface area contributed by atoms with E-state index in [1.165, 1.54) is 12.8 Å². The van der Waals surface area contributed by atoms with Gasteiger partial charge in [-0.25, -0.2) is 4.98 Å². The second-order valence-corrected chi connectivity index (χ2v) is 3.94. The summed E-state index contributed by atoms with van der Waals surface area (Å²) < 4.78 is 0. The molecule has 1 aliphatic carbocycles. The maximum atomic E-state index is 8.80.